The minimum absolute atomic E-state index is 0.00865. The molecule has 2 aromatic carbocycles. The summed E-state index contributed by atoms with van der Waals surface area (Å²) in [6.07, 6.45) is 0.314. The molecule has 0 aliphatic carbocycles. The van der Waals surface area contributed by atoms with Gasteiger partial charge in [0.1, 0.15) is 11.4 Å². The van der Waals surface area contributed by atoms with Gasteiger partial charge >= 0.3 is 0 Å². The molecule has 0 saturated carbocycles. The lowest BCUT2D eigenvalue weighted by Gasteiger charge is -2.29. The van der Waals surface area contributed by atoms with Gasteiger partial charge in [0.05, 0.1) is 20.3 Å². The molecule has 0 aromatic heterocycles. The van der Waals surface area contributed by atoms with Crippen LogP contribution in [0.1, 0.15) is 23.2 Å². The Morgan fingerprint density at radius 1 is 1.23 bits per heavy atom. The molecule has 0 unspecified atom stereocenters. The van der Waals surface area contributed by atoms with Gasteiger partial charge in [-0.25, -0.2) is 12.8 Å². The highest BCUT2D eigenvalue weighted by Gasteiger charge is 2.33. The summed E-state index contributed by atoms with van der Waals surface area (Å²) in [4.78, 5) is 21.6. The Labute approximate surface area is 172 Å². The third-order valence-corrected chi connectivity index (χ3v) is 6.71. The molecule has 1 aliphatic rings. The second-order valence-corrected chi connectivity index (χ2v) is 8.83. The highest BCUT2D eigenvalue weighted by Crippen LogP contribution is 2.33. The number of nitrogens with one attached hydrogen (secondary N) is 1. The summed E-state index contributed by atoms with van der Waals surface area (Å²) < 4.78 is 45.8. The van der Waals surface area contributed by atoms with Gasteiger partial charge in [0, 0.05) is 38.7 Å². The van der Waals surface area contributed by atoms with Gasteiger partial charge in [0.25, 0.3) is 5.69 Å². The van der Waals surface area contributed by atoms with E-state index in [0.29, 0.717) is 0 Å². The van der Waals surface area contributed by atoms with Gasteiger partial charge in [-0.2, -0.15) is 0 Å². The first-order valence-corrected chi connectivity index (χ1v) is 10.6. The van der Waals surface area contributed by atoms with E-state index < -0.39 is 32.0 Å². The summed E-state index contributed by atoms with van der Waals surface area (Å²) >= 11 is 0. The number of halogens is 1. The highest BCUT2D eigenvalue weighted by atomic mass is 32.2. The lowest BCUT2D eigenvalue weighted by atomic mass is 9.96. The Bertz CT molecular complexity index is 1080. The topological polar surface area (TPSA) is 142 Å². The molecule has 160 valence electrons. The normalized spacial score (nSPS) is 16.0. The number of nitrogens with two attached hydrogens (primary N) is 1. The number of anilines is 1. The van der Waals surface area contributed by atoms with E-state index in [1.54, 1.807) is 0 Å². The Morgan fingerprint density at radius 3 is 2.53 bits per heavy atom. The van der Waals surface area contributed by atoms with Crippen LogP contribution >= 0.6 is 0 Å². The van der Waals surface area contributed by atoms with Gasteiger partial charge < -0.3 is 15.8 Å². The number of nitro benzene ring substituents is 1. The first-order chi connectivity index (χ1) is 14.1. The summed E-state index contributed by atoms with van der Waals surface area (Å²) in [6, 6.07) is 8.58. The maximum atomic E-state index is 14.7. The fraction of sp³-hybridized carbons (Fsp3) is 0.316. The van der Waals surface area contributed by atoms with E-state index in [1.165, 1.54) is 30.3 Å². The van der Waals surface area contributed by atoms with Gasteiger partial charge in [-0.05, 0) is 24.3 Å². The predicted molar refractivity (Wildman–Crippen MR) is 106 cm³/mol. The van der Waals surface area contributed by atoms with Crippen LogP contribution in [0.4, 0.5) is 15.8 Å². The number of ether oxygens (including phenoxy) is 1. The zero-order valence-corrected chi connectivity index (χ0v) is 16.7. The van der Waals surface area contributed by atoms with E-state index in [0.717, 1.165) is 12.1 Å². The molecule has 3 N–H and O–H groups in total. The van der Waals surface area contributed by atoms with Crippen molar-refractivity contribution in [1.29, 1.82) is 0 Å². The van der Waals surface area contributed by atoms with Crippen molar-refractivity contribution in [3.63, 3.8) is 0 Å². The zero-order valence-electron chi connectivity index (χ0n) is 15.8. The number of carbonyl (C=O) groups excluding carboxylic acids is 1. The van der Waals surface area contributed by atoms with E-state index in [1.807, 2.05) is 0 Å². The average Bonchev–Trinajstić information content (AvgIpc) is 2.72. The van der Waals surface area contributed by atoms with Crippen LogP contribution in [0.2, 0.25) is 0 Å². The molecule has 0 radical (unpaired) electrons. The third-order valence-electron chi connectivity index (χ3n) is 4.90. The van der Waals surface area contributed by atoms with Gasteiger partial charge in [-0.3, -0.25) is 14.9 Å². The molecule has 1 heterocycles. The molecule has 11 heteroatoms. The molecule has 2 aromatic rings. The predicted octanol–water partition coefficient (Wildman–Crippen LogP) is 2.46. The average molecular weight is 437 g/mol. The number of primary amides is 1. The number of rotatable bonds is 7. The van der Waals surface area contributed by atoms with Crippen molar-refractivity contribution >= 4 is 27.1 Å². The molecule has 1 saturated heterocycles. The SMILES string of the molecule is NC(=O)c1ccccc1S(=O)(=O)c1ccc(NCC2(F)CCOCC2)c([N+](=O)[O-])c1. The van der Waals surface area contributed by atoms with E-state index in [2.05, 4.69) is 5.32 Å². The molecule has 0 spiro atoms. The van der Waals surface area contributed by atoms with Crippen LogP contribution in [-0.2, 0) is 14.6 Å². The Morgan fingerprint density at radius 2 is 1.90 bits per heavy atom. The summed E-state index contributed by atoms with van der Waals surface area (Å²) in [5, 5.41) is 14.2. The Kier molecular flexibility index (Phi) is 6.04. The number of nitrogens with zero attached hydrogens (tertiary/aromatic N) is 1. The number of carbonyl (C=O) groups is 1. The number of hydrogen-bond acceptors (Lipinski definition) is 7. The maximum Gasteiger partial charge on any atom is 0.293 e. The standard InChI is InChI=1S/C19H20FN3O6S/c20-19(7-9-29-10-8-19)12-22-15-6-5-13(11-16(15)23(25)26)30(27,28)17-4-2-1-3-14(17)18(21)24/h1-6,11,22H,7-10,12H2,(H2,21,24). The first-order valence-electron chi connectivity index (χ1n) is 9.07. The van der Waals surface area contributed by atoms with Crippen molar-refractivity contribution < 1.29 is 27.3 Å². The van der Waals surface area contributed by atoms with Crippen LogP contribution in [0, 0.1) is 10.1 Å². The van der Waals surface area contributed by atoms with Crippen molar-refractivity contribution in [1.82, 2.24) is 0 Å². The molecular weight excluding hydrogens is 417 g/mol. The number of alkyl halides is 1. The van der Waals surface area contributed by atoms with Crippen LogP contribution < -0.4 is 11.1 Å². The van der Waals surface area contributed by atoms with Gasteiger partial charge in [0.15, 0.2) is 0 Å². The van der Waals surface area contributed by atoms with E-state index >= 15 is 0 Å². The Hall–Kier alpha value is -3.05. The number of nitro groups is 1. The minimum Gasteiger partial charge on any atom is -0.381 e. The van der Waals surface area contributed by atoms with Gasteiger partial charge in [0.2, 0.25) is 15.7 Å². The number of sulfone groups is 1. The number of amides is 1. The van der Waals surface area contributed by atoms with Crippen molar-refractivity contribution in [3.8, 4) is 0 Å². The first kappa shape index (κ1) is 21.7. The molecule has 9 nitrogen and oxygen atoms in total. The van der Waals surface area contributed by atoms with Crippen LogP contribution in [0.25, 0.3) is 0 Å². The third kappa shape index (κ3) is 4.41. The minimum atomic E-state index is -4.26. The fourth-order valence-electron chi connectivity index (χ4n) is 3.18. The molecule has 1 amide bonds. The van der Waals surface area contributed by atoms with Crippen LogP contribution in [0.15, 0.2) is 52.3 Å². The summed E-state index contributed by atoms with van der Waals surface area (Å²) in [5.74, 6) is -0.938. The van der Waals surface area contributed by atoms with Crippen molar-refractivity contribution in [2.24, 2.45) is 5.73 Å². The smallest absolute Gasteiger partial charge is 0.293 e. The monoisotopic (exact) mass is 437 g/mol. The van der Waals surface area contributed by atoms with Gasteiger partial charge in [-0.1, -0.05) is 12.1 Å². The van der Waals surface area contributed by atoms with Crippen LogP contribution in [-0.4, -0.2) is 44.7 Å². The van der Waals surface area contributed by atoms with Crippen molar-refractivity contribution in [3.05, 3.63) is 58.1 Å². The largest absolute Gasteiger partial charge is 0.381 e. The van der Waals surface area contributed by atoms with Crippen molar-refractivity contribution in [2.75, 3.05) is 25.1 Å². The fourth-order valence-corrected chi connectivity index (χ4v) is 4.66. The summed E-state index contributed by atoms with van der Waals surface area (Å²) in [7, 11) is -4.26. The summed E-state index contributed by atoms with van der Waals surface area (Å²) in [6.45, 7) is 0.348. The molecule has 1 aliphatic heterocycles. The molecule has 30 heavy (non-hydrogen) atoms. The molecule has 0 bridgehead atoms. The summed E-state index contributed by atoms with van der Waals surface area (Å²) in [5.41, 5.74) is 2.92. The molecule has 0 atom stereocenters. The van der Waals surface area contributed by atoms with E-state index in [9.17, 15) is 27.7 Å². The zero-order chi connectivity index (χ0) is 21.9. The number of benzene rings is 2. The second-order valence-electron chi connectivity index (χ2n) is 6.92. The van der Waals surface area contributed by atoms with Gasteiger partial charge in [-0.15, -0.1) is 0 Å². The molecule has 3 rings (SSSR count). The molecule has 1 fully saturated rings. The lowest BCUT2D eigenvalue weighted by Crippen LogP contribution is -2.38. The van der Waals surface area contributed by atoms with E-state index in [4.69, 9.17) is 10.5 Å². The second kappa shape index (κ2) is 8.36. The van der Waals surface area contributed by atoms with Crippen LogP contribution in [0.5, 0.6) is 0 Å². The quantitative estimate of drug-likeness (QED) is 0.500. The van der Waals surface area contributed by atoms with E-state index in [-0.39, 0.29) is 53.6 Å². The number of hydrogen-bond donors (Lipinski definition) is 2. The molecular formula is C19H20FN3O6S. The maximum absolute atomic E-state index is 14.7. The lowest BCUT2D eigenvalue weighted by molar-refractivity contribution is -0.384. The highest BCUT2D eigenvalue weighted by molar-refractivity contribution is 7.91. The van der Waals surface area contributed by atoms with Crippen molar-refractivity contribution in [2.45, 2.75) is 28.3 Å². The Balaban J connectivity index is 1.95. The van der Waals surface area contributed by atoms with Crippen LogP contribution in [0.3, 0.4) is 0 Å².